The van der Waals surface area contributed by atoms with E-state index in [1.54, 1.807) is 19.1 Å². The van der Waals surface area contributed by atoms with Gasteiger partial charge < -0.3 is 19.2 Å². The van der Waals surface area contributed by atoms with Crippen LogP contribution in [0.2, 0.25) is 0 Å². The molecule has 0 bridgehead atoms. The molecular formula is C31H35FN2O7S. The SMILES string of the molecule is CCOC(=O)[C@H](Cc1ccc(OCCc2nc(-c3ccccc3)oc2C)cc1)NCc1ccc(F)cc1.CS(=O)(=O)O. The first-order valence-corrected chi connectivity index (χ1v) is 15.2. The van der Waals surface area contributed by atoms with Crippen molar-refractivity contribution in [3.63, 3.8) is 0 Å². The summed E-state index contributed by atoms with van der Waals surface area (Å²) in [7, 11) is -3.67. The van der Waals surface area contributed by atoms with Crippen molar-refractivity contribution in [2.75, 3.05) is 19.5 Å². The molecule has 1 aromatic heterocycles. The van der Waals surface area contributed by atoms with Gasteiger partial charge in [-0.15, -0.1) is 0 Å². The van der Waals surface area contributed by atoms with E-state index in [1.807, 2.05) is 61.5 Å². The Bertz CT molecular complexity index is 1500. The second-order valence-corrected chi connectivity index (χ2v) is 10.8. The molecular weight excluding hydrogens is 563 g/mol. The van der Waals surface area contributed by atoms with E-state index in [9.17, 15) is 17.6 Å². The lowest BCUT2D eigenvalue weighted by atomic mass is 10.1. The Morgan fingerprint density at radius 3 is 2.26 bits per heavy atom. The van der Waals surface area contributed by atoms with E-state index in [1.165, 1.54) is 12.1 Å². The van der Waals surface area contributed by atoms with Gasteiger partial charge in [-0.25, -0.2) is 9.37 Å². The van der Waals surface area contributed by atoms with Crippen LogP contribution in [-0.2, 0) is 39.0 Å². The fraction of sp³-hybridized carbons (Fsp3) is 0.290. The van der Waals surface area contributed by atoms with E-state index in [0.29, 0.717) is 44.7 Å². The third kappa shape index (κ3) is 11.4. The van der Waals surface area contributed by atoms with Gasteiger partial charge in [0.1, 0.15) is 23.4 Å². The fourth-order valence-corrected chi connectivity index (χ4v) is 3.91. The number of hydrogen-bond acceptors (Lipinski definition) is 8. The number of benzene rings is 3. The summed E-state index contributed by atoms with van der Waals surface area (Å²) >= 11 is 0. The summed E-state index contributed by atoms with van der Waals surface area (Å²) in [5.74, 6) is 1.53. The normalized spacial score (nSPS) is 11.7. The molecule has 1 atom stereocenters. The number of halogens is 1. The summed E-state index contributed by atoms with van der Waals surface area (Å²) in [6.45, 7) is 4.89. The molecule has 9 nitrogen and oxygen atoms in total. The Labute approximate surface area is 245 Å². The van der Waals surface area contributed by atoms with E-state index < -0.39 is 16.2 Å². The van der Waals surface area contributed by atoms with Crippen LogP contribution in [0.4, 0.5) is 4.39 Å². The minimum absolute atomic E-state index is 0.291. The fourth-order valence-electron chi connectivity index (χ4n) is 3.91. The van der Waals surface area contributed by atoms with Crippen LogP contribution >= 0.6 is 0 Å². The molecule has 2 N–H and O–H groups in total. The minimum Gasteiger partial charge on any atom is -0.493 e. The van der Waals surface area contributed by atoms with Crippen molar-refractivity contribution in [3.05, 3.63) is 107 Å². The molecule has 0 aliphatic carbocycles. The molecule has 0 unspecified atom stereocenters. The zero-order valence-corrected chi connectivity index (χ0v) is 24.6. The molecule has 4 aromatic rings. The van der Waals surface area contributed by atoms with Crippen LogP contribution in [0, 0.1) is 12.7 Å². The summed E-state index contributed by atoms with van der Waals surface area (Å²) in [4.78, 5) is 17.1. The van der Waals surface area contributed by atoms with Gasteiger partial charge in [-0.3, -0.25) is 9.35 Å². The van der Waals surface area contributed by atoms with Crippen molar-refractivity contribution in [2.45, 2.75) is 39.3 Å². The van der Waals surface area contributed by atoms with E-state index >= 15 is 0 Å². The molecule has 0 spiro atoms. The zero-order chi connectivity index (χ0) is 30.5. The number of aryl methyl sites for hydroxylation is 1. The first-order valence-electron chi connectivity index (χ1n) is 13.3. The predicted octanol–water partition coefficient (Wildman–Crippen LogP) is 5.18. The molecule has 0 saturated heterocycles. The Hall–Kier alpha value is -4.06. The molecule has 0 aliphatic rings. The zero-order valence-electron chi connectivity index (χ0n) is 23.7. The molecule has 4 rings (SSSR count). The van der Waals surface area contributed by atoms with Crippen LogP contribution in [0.1, 0.15) is 29.5 Å². The number of ether oxygens (including phenoxy) is 2. The van der Waals surface area contributed by atoms with Gasteiger partial charge in [0.25, 0.3) is 10.1 Å². The first kappa shape index (κ1) is 32.5. The molecule has 0 fully saturated rings. The third-order valence-electron chi connectivity index (χ3n) is 5.92. The van der Waals surface area contributed by atoms with Crippen LogP contribution < -0.4 is 10.1 Å². The number of esters is 1. The second kappa shape index (κ2) is 15.8. The largest absolute Gasteiger partial charge is 0.493 e. The number of rotatable bonds is 12. The van der Waals surface area contributed by atoms with E-state index in [-0.39, 0.29) is 11.8 Å². The minimum atomic E-state index is -3.67. The molecule has 0 amide bonds. The van der Waals surface area contributed by atoms with E-state index in [4.69, 9.17) is 18.4 Å². The molecule has 0 aliphatic heterocycles. The smallest absolute Gasteiger partial charge is 0.323 e. The first-order chi connectivity index (χ1) is 20.0. The average molecular weight is 599 g/mol. The van der Waals surface area contributed by atoms with Crippen LogP contribution in [0.5, 0.6) is 5.75 Å². The van der Waals surface area contributed by atoms with Crippen molar-refractivity contribution >= 4 is 16.1 Å². The third-order valence-corrected chi connectivity index (χ3v) is 5.92. The average Bonchev–Trinajstić information content (AvgIpc) is 3.32. The highest BCUT2D eigenvalue weighted by Gasteiger charge is 2.20. The highest BCUT2D eigenvalue weighted by atomic mass is 32.2. The number of oxazole rings is 1. The van der Waals surface area contributed by atoms with Crippen LogP contribution in [0.3, 0.4) is 0 Å². The van der Waals surface area contributed by atoms with Crippen molar-refractivity contribution in [2.24, 2.45) is 0 Å². The van der Waals surface area contributed by atoms with Gasteiger partial charge in [0.2, 0.25) is 5.89 Å². The predicted molar refractivity (Wildman–Crippen MR) is 157 cm³/mol. The van der Waals surface area contributed by atoms with E-state index in [0.717, 1.165) is 33.9 Å². The van der Waals surface area contributed by atoms with Crippen molar-refractivity contribution < 1.29 is 36.0 Å². The Morgan fingerprint density at radius 1 is 1.02 bits per heavy atom. The number of aromatic nitrogens is 1. The number of nitrogens with one attached hydrogen (secondary N) is 1. The number of carbonyl (C=O) groups excluding carboxylic acids is 1. The molecule has 224 valence electrons. The molecule has 11 heteroatoms. The summed E-state index contributed by atoms with van der Waals surface area (Å²) in [6, 6.07) is 23.1. The quantitative estimate of drug-likeness (QED) is 0.167. The second-order valence-electron chi connectivity index (χ2n) is 9.38. The summed E-state index contributed by atoms with van der Waals surface area (Å²) in [5, 5.41) is 3.23. The van der Waals surface area contributed by atoms with Gasteiger partial charge in [-0.05, 0) is 67.8 Å². The lowest BCUT2D eigenvalue weighted by Crippen LogP contribution is -2.39. The van der Waals surface area contributed by atoms with E-state index in [2.05, 4.69) is 10.3 Å². The monoisotopic (exact) mass is 598 g/mol. The number of carbonyl (C=O) groups is 1. The molecule has 0 radical (unpaired) electrons. The lowest BCUT2D eigenvalue weighted by molar-refractivity contribution is -0.145. The highest BCUT2D eigenvalue weighted by molar-refractivity contribution is 7.85. The maximum Gasteiger partial charge on any atom is 0.323 e. The molecule has 0 saturated carbocycles. The summed E-state index contributed by atoms with van der Waals surface area (Å²) in [5.41, 5.74) is 3.68. The van der Waals surface area contributed by atoms with Crippen LogP contribution in [-0.4, -0.2) is 49.4 Å². The van der Waals surface area contributed by atoms with Gasteiger partial charge >= 0.3 is 5.97 Å². The van der Waals surface area contributed by atoms with Crippen molar-refractivity contribution in [1.82, 2.24) is 10.3 Å². The Morgan fingerprint density at radius 2 is 1.64 bits per heavy atom. The Kier molecular flexibility index (Phi) is 12.2. The topological polar surface area (TPSA) is 128 Å². The van der Waals surface area contributed by atoms with Gasteiger partial charge in [-0.1, -0.05) is 42.5 Å². The van der Waals surface area contributed by atoms with Crippen LogP contribution in [0.15, 0.2) is 83.3 Å². The van der Waals surface area contributed by atoms with Gasteiger partial charge in [-0.2, -0.15) is 8.42 Å². The lowest BCUT2D eigenvalue weighted by Gasteiger charge is -2.18. The van der Waals surface area contributed by atoms with Gasteiger partial charge in [0, 0.05) is 18.5 Å². The molecule has 1 heterocycles. The maximum absolute atomic E-state index is 13.2. The molecule has 3 aromatic carbocycles. The Balaban J connectivity index is 0.000000892. The van der Waals surface area contributed by atoms with Gasteiger partial charge in [0.05, 0.1) is 25.2 Å². The molecule has 42 heavy (non-hydrogen) atoms. The summed E-state index contributed by atoms with van der Waals surface area (Å²) < 4.78 is 56.0. The van der Waals surface area contributed by atoms with Crippen molar-refractivity contribution in [3.8, 4) is 17.2 Å². The standard InChI is InChI=1S/C30H31FN2O4.CH4O3S/c1-3-35-30(34)28(32-20-23-9-13-25(31)14-10-23)19-22-11-15-26(16-12-22)36-18-17-27-21(2)37-29(33-27)24-7-5-4-6-8-24;1-5(2,3)4/h4-16,28,32H,3,17-20H2,1-2H3;1H3,(H,2,3,4)/t28-;/m0./s1. The maximum atomic E-state index is 13.2. The van der Waals surface area contributed by atoms with Gasteiger partial charge in [0.15, 0.2) is 0 Å². The highest BCUT2D eigenvalue weighted by Crippen LogP contribution is 2.22. The number of nitrogens with zero attached hydrogens (tertiary/aromatic N) is 1. The summed E-state index contributed by atoms with van der Waals surface area (Å²) in [6.07, 6.45) is 1.80. The number of hydrogen-bond donors (Lipinski definition) is 2. The van der Waals surface area contributed by atoms with Crippen molar-refractivity contribution in [1.29, 1.82) is 0 Å². The van der Waals surface area contributed by atoms with Crippen LogP contribution in [0.25, 0.3) is 11.5 Å².